The summed E-state index contributed by atoms with van der Waals surface area (Å²) >= 11 is 0. The third-order valence-corrected chi connectivity index (χ3v) is 9.39. The van der Waals surface area contributed by atoms with E-state index in [0.29, 0.717) is 11.2 Å². The Morgan fingerprint density at radius 3 is 2.49 bits per heavy atom. The summed E-state index contributed by atoms with van der Waals surface area (Å²) in [5.41, 5.74) is 4.89. The lowest BCUT2D eigenvalue weighted by Crippen LogP contribution is -2.43. The largest absolute Gasteiger partial charge is 0.495 e. The van der Waals surface area contributed by atoms with Crippen LogP contribution in [0.5, 0.6) is 5.75 Å². The van der Waals surface area contributed by atoms with Gasteiger partial charge in [-0.05, 0) is 81.5 Å². The molecule has 6 heterocycles. The van der Waals surface area contributed by atoms with Gasteiger partial charge in [-0.1, -0.05) is 12.1 Å². The number of nitrogens with zero attached hydrogens (tertiary/aromatic N) is 5. The number of anilines is 5. The van der Waals surface area contributed by atoms with Gasteiger partial charge >= 0.3 is 0 Å². The Hall–Kier alpha value is -3.89. The summed E-state index contributed by atoms with van der Waals surface area (Å²) in [6, 6.07) is 14.1. The van der Waals surface area contributed by atoms with Crippen molar-refractivity contribution in [3.8, 4) is 5.75 Å². The molecule has 3 aliphatic rings. The maximum absolute atomic E-state index is 6.17. The molecular weight excluding hydrogens is 542 g/mol. The first-order valence-electron chi connectivity index (χ1n) is 15.6. The Balaban J connectivity index is 1.16. The van der Waals surface area contributed by atoms with E-state index in [2.05, 4.69) is 26.2 Å². The van der Waals surface area contributed by atoms with E-state index in [4.69, 9.17) is 29.2 Å². The van der Waals surface area contributed by atoms with Gasteiger partial charge in [-0.25, -0.2) is 15.0 Å². The molecule has 10 nitrogen and oxygen atoms in total. The molecule has 0 radical (unpaired) electrons. The van der Waals surface area contributed by atoms with Gasteiger partial charge in [-0.3, -0.25) is 4.57 Å². The molecule has 1 atom stereocenters. The second kappa shape index (κ2) is 12.0. The summed E-state index contributed by atoms with van der Waals surface area (Å²) < 4.78 is 19.5. The van der Waals surface area contributed by atoms with Crippen molar-refractivity contribution >= 4 is 39.9 Å². The predicted octanol–water partition coefficient (Wildman–Crippen LogP) is 6.73. The minimum atomic E-state index is -0.0807. The van der Waals surface area contributed by atoms with Gasteiger partial charge < -0.3 is 29.7 Å². The first kappa shape index (κ1) is 27.9. The Labute approximate surface area is 252 Å². The number of pyridine rings is 2. The molecule has 7 rings (SSSR count). The van der Waals surface area contributed by atoms with E-state index in [1.54, 1.807) is 7.11 Å². The highest BCUT2D eigenvalue weighted by Gasteiger charge is 2.36. The Bertz CT molecular complexity index is 1550. The number of hydrogen-bond donors (Lipinski definition) is 2. The minimum Gasteiger partial charge on any atom is -0.495 e. The average molecular weight is 584 g/mol. The van der Waals surface area contributed by atoms with Crippen LogP contribution in [0.2, 0.25) is 0 Å². The van der Waals surface area contributed by atoms with Crippen LogP contribution in [0.25, 0.3) is 11.2 Å². The van der Waals surface area contributed by atoms with Crippen LogP contribution in [0.3, 0.4) is 0 Å². The van der Waals surface area contributed by atoms with Crippen molar-refractivity contribution in [2.24, 2.45) is 5.41 Å². The summed E-state index contributed by atoms with van der Waals surface area (Å²) in [6.07, 6.45) is 9.87. The van der Waals surface area contributed by atoms with E-state index in [1.165, 1.54) is 25.7 Å². The molecule has 10 heteroatoms. The van der Waals surface area contributed by atoms with Crippen LogP contribution >= 0.6 is 0 Å². The molecule has 43 heavy (non-hydrogen) atoms. The Morgan fingerprint density at radius 1 is 0.907 bits per heavy atom. The maximum atomic E-state index is 6.17. The quantitative estimate of drug-likeness (QED) is 0.245. The van der Waals surface area contributed by atoms with Gasteiger partial charge in [0.1, 0.15) is 35.0 Å². The van der Waals surface area contributed by atoms with Crippen LogP contribution in [-0.2, 0) is 9.47 Å². The lowest BCUT2D eigenvalue weighted by molar-refractivity contribution is -0.0308. The Morgan fingerprint density at radius 2 is 1.74 bits per heavy atom. The summed E-state index contributed by atoms with van der Waals surface area (Å²) in [5, 5.41) is 7.02. The molecule has 0 amide bonds. The summed E-state index contributed by atoms with van der Waals surface area (Å²) in [7, 11) is 1.68. The zero-order valence-electron chi connectivity index (χ0n) is 25.1. The fourth-order valence-electron chi connectivity index (χ4n) is 6.82. The minimum absolute atomic E-state index is 0.0807. The molecule has 3 aliphatic heterocycles. The Kier molecular flexibility index (Phi) is 7.80. The summed E-state index contributed by atoms with van der Waals surface area (Å²) in [4.78, 5) is 17.2. The molecule has 1 spiro atoms. The normalized spacial score (nSPS) is 20.3. The first-order chi connectivity index (χ1) is 21.1. The number of nitrogens with one attached hydrogen (secondary N) is 2. The summed E-state index contributed by atoms with van der Waals surface area (Å²) in [5.74, 6) is 3.06. The highest BCUT2D eigenvalue weighted by Crippen LogP contribution is 2.42. The van der Waals surface area contributed by atoms with Gasteiger partial charge in [-0.2, -0.15) is 0 Å². The van der Waals surface area contributed by atoms with Gasteiger partial charge in [0.2, 0.25) is 0 Å². The highest BCUT2D eigenvalue weighted by atomic mass is 16.5. The number of benzene rings is 1. The molecule has 0 aliphatic carbocycles. The average Bonchev–Trinajstić information content (AvgIpc) is 3.39. The van der Waals surface area contributed by atoms with Crippen molar-refractivity contribution in [3.63, 3.8) is 0 Å². The fraction of sp³-hybridized carbons (Fsp3) is 0.485. The standard InChI is InChI=1S/C33H41N7O3/c1-23-35-31-26(36-25-7-3-4-8-27(25)41-2)21-29(38-32(31)40(23)30-9-5-6-18-43-30)37-28-11-10-24(22-34-28)39-16-12-33(13-17-39)14-19-42-20-15-33/h3-4,7-8,10-11,21-22,30H,5-6,9,12-20H2,1-2H3,(H2,34,36,37,38). The van der Waals surface area contributed by atoms with Crippen LogP contribution in [0.1, 0.15) is 57.0 Å². The fourth-order valence-corrected chi connectivity index (χ4v) is 6.82. The van der Waals surface area contributed by atoms with Gasteiger partial charge in [0, 0.05) is 39.0 Å². The van der Waals surface area contributed by atoms with E-state index in [-0.39, 0.29) is 6.23 Å². The summed E-state index contributed by atoms with van der Waals surface area (Å²) in [6.45, 7) is 6.72. The smallest absolute Gasteiger partial charge is 0.166 e. The van der Waals surface area contributed by atoms with Crippen molar-refractivity contribution in [2.75, 3.05) is 55.6 Å². The SMILES string of the molecule is COc1ccccc1Nc1cc(Nc2ccc(N3CCC4(CCOCC4)CC3)cn2)nc2c1nc(C)n2C1CCCCO1. The highest BCUT2D eigenvalue weighted by molar-refractivity contribution is 5.91. The molecule has 2 N–H and O–H groups in total. The van der Waals surface area contributed by atoms with Crippen LogP contribution in [0.15, 0.2) is 48.7 Å². The van der Waals surface area contributed by atoms with Gasteiger partial charge in [0.25, 0.3) is 0 Å². The number of aromatic nitrogens is 4. The molecule has 3 aromatic heterocycles. The van der Waals surface area contributed by atoms with Crippen molar-refractivity contribution in [1.82, 2.24) is 19.5 Å². The van der Waals surface area contributed by atoms with Crippen LogP contribution in [0.4, 0.5) is 28.7 Å². The zero-order chi connectivity index (χ0) is 29.2. The van der Waals surface area contributed by atoms with E-state index < -0.39 is 0 Å². The van der Waals surface area contributed by atoms with Gasteiger partial charge in [0.05, 0.1) is 30.4 Å². The zero-order valence-corrected chi connectivity index (χ0v) is 25.1. The lowest BCUT2D eigenvalue weighted by atomic mass is 9.72. The van der Waals surface area contributed by atoms with E-state index in [1.807, 2.05) is 49.5 Å². The van der Waals surface area contributed by atoms with E-state index >= 15 is 0 Å². The first-order valence-corrected chi connectivity index (χ1v) is 15.6. The molecule has 1 aromatic carbocycles. The second-order valence-electron chi connectivity index (χ2n) is 12.0. The maximum Gasteiger partial charge on any atom is 0.166 e. The van der Waals surface area contributed by atoms with E-state index in [9.17, 15) is 0 Å². The number of rotatable bonds is 7. The molecule has 226 valence electrons. The topological polar surface area (TPSA) is 98.6 Å². The molecule has 1 unspecified atom stereocenters. The molecule has 0 saturated carbocycles. The molecule has 3 fully saturated rings. The van der Waals surface area contributed by atoms with Crippen LogP contribution < -0.4 is 20.3 Å². The van der Waals surface area contributed by atoms with Crippen LogP contribution in [0, 0.1) is 12.3 Å². The van der Waals surface area contributed by atoms with Crippen molar-refractivity contribution < 1.29 is 14.2 Å². The molecule has 3 saturated heterocycles. The number of fused-ring (bicyclic) bond motifs is 1. The van der Waals surface area contributed by atoms with Gasteiger partial charge in [-0.15, -0.1) is 0 Å². The number of hydrogen-bond acceptors (Lipinski definition) is 9. The third-order valence-electron chi connectivity index (χ3n) is 9.39. The van der Waals surface area contributed by atoms with Crippen molar-refractivity contribution in [1.29, 1.82) is 0 Å². The number of imidazole rings is 1. The van der Waals surface area contributed by atoms with Crippen LogP contribution in [-0.4, -0.2) is 59.5 Å². The molecular formula is C33H41N7O3. The third kappa shape index (κ3) is 5.73. The predicted molar refractivity (Wildman–Crippen MR) is 169 cm³/mol. The molecule has 0 bridgehead atoms. The number of aryl methyl sites for hydroxylation is 1. The second-order valence-corrected chi connectivity index (χ2v) is 12.0. The van der Waals surface area contributed by atoms with Crippen molar-refractivity contribution in [3.05, 3.63) is 54.5 Å². The van der Waals surface area contributed by atoms with Gasteiger partial charge in [0.15, 0.2) is 5.65 Å². The molecule has 4 aromatic rings. The number of para-hydroxylation sites is 2. The lowest BCUT2D eigenvalue weighted by Gasteiger charge is -2.44. The number of ether oxygens (including phenoxy) is 3. The number of piperidine rings is 1. The number of methoxy groups -OCH3 is 1. The van der Waals surface area contributed by atoms with E-state index in [0.717, 1.165) is 97.8 Å². The monoisotopic (exact) mass is 583 g/mol. The van der Waals surface area contributed by atoms with Crippen molar-refractivity contribution in [2.45, 2.75) is 58.1 Å².